The molecule has 7 heteroatoms. The van der Waals surface area contributed by atoms with Gasteiger partial charge in [0.2, 0.25) is 5.91 Å². The van der Waals surface area contributed by atoms with E-state index in [4.69, 9.17) is 4.74 Å². The fourth-order valence-corrected chi connectivity index (χ4v) is 5.70. The topological polar surface area (TPSA) is 41.6 Å². The highest BCUT2D eigenvalue weighted by molar-refractivity contribution is 8.93. The Balaban J connectivity index is 0.00000560. The lowest BCUT2D eigenvalue weighted by Crippen LogP contribution is -2.19. The maximum Gasteiger partial charge on any atom is 0.228 e. The van der Waals surface area contributed by atoms with Gasteiger partial charge in [-0.1, -0.05) is 108 Å². The van der Waals surface area contributed by atoms with E-state index in [1.54, 1.807) is 12.1 Å². The Kier molecular flexibility index (Phi) is 17.1. The molecule has 2 aromatic rings. The summed E-state index contributed by atoms with van der Waals surface area (Å²) in [6, 6.07) is 12.7. The number of nitrogens with one attached hydrogen (secondary N) is 1. The summed E-state index contributed by atoms with van der Waals surface area (Å²) in [5.74, 6) is 0.537. The van der Waals surface area contributed by atoms with Crippen LogP contribution in [0.15, 0.2) is 53.6 Å². The molecule has 40 heavy (non-hydrogen) atoms. The van der Waals surface area contributed by atoms with E-state index in [2.05, 4.69) is 30.3 Å². The van der Waals surface area contributed by atoms with Gasteiger partial charge in [0.1, 0.15) is 0 Å². The number of amides is 1. The molecule has 0 spiro atoms. The van der Waals surface area contributed by atoms with Crippen molar-refractivity contribution in [3.05, 3.63) is 70.5 Å². The number of hydrogen-bond donors (Lipinski definition) is 1. The van der Waals surface area contributed by atoms with Crippen molar-refractivity contribution in [2.45, 2.75) is 104 Å². The van der Waals surface area contributed by atoms with Crippen LogP contribution in [0.25, 0.3) is 0 Å². The summed E-state index contributed by atoms with van der Waals surface area (Å²) in [5.41, 5.74) is 2.43. The predicted molar refractivity (Wildman–Crippen MR) is 174 cm³/mol. The molecule has 0 saturated heterocycles. The summed E-state index contributed by atoms with van der Waals surface area (Å²) in [7, 11) is 0. The zero-order chi connectivity index (χ0) is 27.7. The standard InChI is InChI=1S/C33H47FN2O2S.BrH/c1-3-4-5-6-7-8-9-10-11-12-13-16-22-38-33-28(19-17-20-30(33)34)23-32(37)35-31-21-15-14-18-29(31)25-36-24-27(2)39-26-36;/h14-15,17-21,24H,3-13,16,22-23,25-26H2,1-2H3,(H,35,37);1H. The first kappa shape index (κ1) is 34.2. The highest BCUT2D eigenvalue weighted by Crippen LogP contribution is 2.28. The number of benzene rings is 2. The minimum atomic E-state index is -0.409. The van der Waals surface area contributed by atoms with Gasteiger partial charge in [-0.25, -0.2) is 4.39 Å². The van der Waals surface area contributed by atoms with Crippen LogP contribution in [0, 0.1) is 5.82 Å². The minimum absolute atomic E-state index is 0. The lowest BCUT2D eigenvalue weighted by Gasteiger charge is -2.18. The molecule has 0 radical (unpaired) electrons. The van der Waals surface area contributed by atoms with Crippen LogP contribution in [0.1, 0.15) is 102 Å². The summed E-state index contributed by atoms with van der Waals surface area (Å²) < 4.78 is 20.5. The van der Waals surface area contributed by atoms with E-state index in [0.29, 0.717) is 12.2 Å². The second-order valence-corrected chi connectivity index (χ2v) is 11.8. The first-order chi connectivity index (χ1) is 19.1. The Morgan fingerprint density at radius 2 is 1.52 bits per heavy atom. The molecule has 222 valence electrons. The molecule has 0 fully saturated rings. The fourth-order valence-electron chi connectivity index (χ4n) is 4.95. The summed E-state index contributed by atoms with van der Waals surface area (Å²) >= 11 is 1.82. The largest absolute Gasteiger partial charge is 0.490 e. The second kappa shape index (κ2) is 20.0. The van der Waals surface area contributed by atoms with Crippen molar-refractivity contribution in [2.24, 2.45) is 0 Å². The van der Waals surface area contributed by atoms with Crippen LogP contribution >= 0.6 is 28.7 Å². The molecule has 1 aliphatic rings. The number of carbonyl (C=O) groups is 1. The third kappa shape index (κ3) is 12.7. The van der Waals surface area contributed by atoms with Gasteiger partial charge in [-0.05, 0) is 35.9 Å². The molecule has 0 saturated carbocycles. The molecule has 4 nitrogen and oxygen atoms in total. The molecular weight excluding hydrogens is 587 g/mol. The van der Waals surface area contributed by atoms with Crippen LogP contribution in [0.2, 0.25) is 0 Å². The van der Waals surface area contributed by atoms with Gasteiger partial charge in [0, 0.05) is 24.0 Å². The zero-order valence-electron chi connectivity index (χ0n) is 24.4. The molecule has 0 aliphatic carbocycles. The number of anilines is 1. The Labute approximate surface area is 256 Å². The van der Waals surface area contributed by atoms with Crippen LogP contribution in [0.5, 0.6) is 5.75 Å². The second-order valence-electron chi connectivity index (χ2n) is 10.6. The quantitative estimate of drug-likeness (QED) is 0.156. The van der Waals surface area contributed by atoms with Gasteiger partial charge >= 0.3 is 0 Å². The van der Waals surface area contributed by atoms with Gasteiger partial charge < -0.3 is 15.0 Å². The number of para-hydroxylation sites is 2. The Morgan fingerprint density at radius 1 is 0.900 bits per heavy atom. The Bertz CT molecular complexity index is 1050. The maximum absolute atomic E-state index is 14.6. The molecule has 0 unspecified atom stereocenters. The fraction of sp³-hybridized carbons (Fsp3) is 0.545. The normalized spacial score (nSPS) is 12.7. The van der Waals surface area contributed by atoms with E-state index in [1.807, 2.05) is 36.0 Å². The molecule has 1 heterocycles. The molecule has 0 aromatic heterocycles. The van der Waals surface area contributed by atoms with E-state index in [1.165, 1.54) is 75.2 Å². The molecule has 1 amide bonds. The third-order valence-electron chi connectivity index (χ3n) is 7.13. The predicted octanol–water partition coefficient (Wildman–Crippen LogP) is 10.0. The summed E-state index contributed by atoms with van der Waals surface area (Å²) in [6.07, 6.45) is 17.5. The third-order valence-corrected chi connectivity index (χ3v) is 8.15. The van der Waals surface area contributed by atoms with Crippen LogP contribution in [-0.2, 0) is 17.8 Å². The van der Waals surface area contributed by atoms with Crippen LogP contribution in [-0.4, -0.2) is 23.3 Å². The zero-order valence-corrected chi connectivity index (χ0v) is 26.9. The maximum atomic E-state index is 14.6. The number of rotatable bonds is 19. The number of thioether (sulfide) groups is 1. The average Bonchev–Trinajstić information content (AvgIpc) is 3.33. The van der Waals surface area contributed by atoms with E-state index in [-0.39, 0.29) is 35.1 Å². The lowest BCUT2D eigenvalue weighted by atomic mass is 10.1. The Morgan fingerprint density at radius 3 is 2.17 bits per heavy atom. The molecular formula is C33H48BrFN2O2S. The highest BCUT2D eigenvalue weighted by atomic mass is 79.9. The number of unbranched alkanes of at least 4 members (excludes halogenated alkanes) is 11. The number of nitrogens with zero attached hydrogens (tertiary/aromatic N) is 1. The van der Waals surface area contributed by atoms with Gasteiger partial charge in [-0.2, -0.15) is 0 Å². The van der Waals surface area contributed by atoms with Crippen LogP contribution < -0.4 is 10.1 Å². The van der Waals surface area contributed by atoms with Gasteiger partial charge in [0.05, 0.1) is 18.9 Å². The number of halogens is 2. The summed E-state index contributed by atoms with van der Waals surface area (Å²) in [6.45, 7) is 5.56. The lowest BCUT2D eigenvalue weighted by molar-refractivity contribution is -0.115. The van der Waals surface area contributed by atoms with E-state index >= 15 is 0 Å². The molecule has 0 atom stereocenters. The van der Waals surface area contributed by atoms with Crippen molar-refractivity contribution in [3.8, 4) is 5.75 Å². The number of carbonyl (C=O) groups excluding carboxylic acids is 1. The van der Waals surface area contributed by atoms with E-state index < -0.39 is 5.82 Å². The van der Waals surface area contributed by atoms with E-state index in [9.17, 15) is 9.18 Å². The van der Waals surface area contributed by atoms with Crippen LogP contribution in [0.3, 0.4) is 0 Å². The van der Waals surface area contributed by atoms with Crippen molar-refractivity contribution < 1.29 is 13.9 Å². The number of hydrogen-bond acceptors (Lipinski definition) is 4. The number of allylic oxidation sites excluding steroid dienone is 1. The van der Waals surface area contributed by atoms with E-state index in [0.717, 1.165) is 36.5 Å². The van der Waals surface area contributed by atoms with Crippen molar-refractivity contribution in [1.29, 1.82) is 0 Å². The average molecular weight is 636 g/mol. The van der Waals surface area contributed by atoms with Gasteiger partial charge in [-0.15, -0.1) is 28.7 Å². The van der Waals surface area contributed by atoms with Gasteiger partial charge in [0.25, 0.3) is 0 Å². The molecule has 1 aliphatic heterocycles. The smallest absolute Gasteiger partial charge is 0.228 e. The van der Waals surface area contributed by atoms with Gasteiger partial charge in [0.15, 0.2) is 11.6 Å². The first-order valence-corrected chi connectivity index (χ1v) is 15.9. The molecule has 1 N–H and O–H groups in total. The summed E-state index contributed by atoms with van der Waals surface area (Å²) in [4.78, 5) is 16.5. The molecule has 2 aromatic carbocycles. The monoisotopic (exact) mass is 634 g/mol. The number of ether oxygens (including phenoxy) is 1. The first-order valence-electron chi connectivity index (χ1n) is 14.9. The Hall–Kier alpha value is -1.99. The van der Waals surface area contributed by atoms with Gasteiger partial charge in [-0.3, -0.25) is 4.79 Å². The highest BCUT2D eigenvalue weighted by Gasteiger charge is 2.16. The SMILES string of the molecule is Br.CCCCCCCCCCCCCCOc1c(F)cccc1CC(=O)Nc1ccccc1CN1C=C(C)SC1. The molecule has 0 bridgehead atoms. The van der Waals surface area contributed by atoms with Crippen molar-refractivity contribution >= 4 is 40.3 Å². The van der Waals surface area contributed by atoms with Crippen molar-refractivity contribution in [2.75, 3.05) is 17.8 Å². The molecule has 3 rings (SSSR count). The summed E-state index contributed by atoms with van der Waals surface area (Å²) in [5, 5.41) is 3.04. The van der Waals surface area contributed by atoms with Crippen LogP contribution in [0.4, 0.5) is 10.1 Å². The minimum Gasteiger partial charge on any atom is -0.490 e. The van der Waals surface area contributed by atoms with Crippen molar-refractivity contribution in [1.82, 2.24) is 4.90 Å². The van der Waals surface area contributed by atoms with Crippen molar-refractivity contribution in [3.63, 3.8) is 0 Å².